The smallest absolute Gasteiger partial charge is 0.209 e. The van der Waals surface area contributed by atoms with Gasteiger partial charge in [0.1, 0.15) is 12.3 Å². The molecule has 1 aliphatic rings. The average Bonchev–Trinajstić information content (AvgIpc) is 3.10. The Balaban J connectivity index is 1.60. The van der Waals surface area contributed by atoms with Gasteiger partial charge in [0.05, 0.1) is 12.4 Å². The summed E-state index contributed by atoms with van der Waals surface area (Å²) in [4.78, 5) is 0. The van der Waals surface area contributed by atoms with Crippen molar-refractivity contribution in [3.8, 4) is 0 Å². The molecule has 0 saturated carbocycles. The molecule has 1 atom stereocenters. The molecular weight excluding hydrogens is 252 g/mol. The van der Waals surface area contributed by atoms with Crippen LogP contribution in [0.3, 0.4) is 0 Å². The Morgan fingerprint density at radius 3 is 3.28 bits per heavy atom. The maximum Gasteiger partial charge on any atom is 0.209 e. The van der Waals surface area contributed by atoms with Gasteiger partial charge in [-0.2, -0.15) is 0 Å². The van der Waals surface area contributed by atoms with E-state index in [1.165, 1.54) is 0 Å². The minimum absolute atomic E-state index is 0.337. The molecule has 3 rings (SSSR count). The highest BCUT2D eigenvalue weighted by atomic mass is 32.2. The first-order valence-corrected chi connectivity index (χ1v) is 6.93. The first kappa shape index (κ1) is 11.7. The molecule has 0 spiro atoms. The number of thioether (sulfide) groups is 1. The highest BCUT2D eigenvalue weighted by molar-refractivity contribution is 7.99. The summed E-state index contributed by atoms with van der Waals surface area (Å²) in [6, 6.07) is 3.77. The second kappa shape index (κ2) is 5.53. The van der Waals surface area contributed by atoms with Crippen molar-refractivity contribution in [1.29, 1.82) is 0 Å². The van der Waals surface area contributed by atoms with Gasteiger partial charge in [-0.05, 0) is 35.4 Å². The van der Waals surface area contributed by atoms with Crippen molar-refractivity contribution in [3.05, 3.63) is 24.2 Å². The van der Waals surface area contributed by atoms with Gasteiger partial charge < -0.3 is 9.15 Å². The SMILES string of the molecule is c1coc(Cn2nnnc2SC[C@@H]2CCCO2)c1. The third kappa shape index (κ3) is 2.73. The fourth-order valence-electron chi connectivity index (χ4n) is 1.89. The van der Waals surface area contributed by atoms with Crippen LogP contribution in [0.5, 0.6) is 0 Å². The summed E-state index contributed by atoms with van der Waals surface area (Å²) in [5.41, 5.74) is 0. The minimum Gasteiger partial charge on any atom is -0.467 e. The molecule has 1 fully saturated rings. The van der Waals surface area contributed by atoms with Crippen LogP contribution in [0.2, 0.25) is 0 Å². The number of rotatable bonds is 5. The second-order valence-electron chi connectivity index (χ2n) is 4.14. The van der Waals surface area contributed by atoms with Gasteiger partial charge in [0.2, 0.25) is 5.16 Å². The Kier molecular flexibility index (Phi) is 3.61. The van der Waals surface area contributed by atoms with Gasteiger partial charge in [-0.15, -0.1) is 5.10 Å². The van der Waals surface area contributed by atoms with Crippen molar-refractivity contribution in [1.82, 2.24) is 20.2 Å². The molecule has 0 unspecified atom stereocenters. The largest absolute Gasteiger partial charge is 0.467 e. The van der Waals surface area contributed by atoms with Crippen molar-refractivity contribution in [3.63, 3.8) is 0 Å². The molecule has 0 aromatic carbocycles. The number of ether oxygens (including phenoxy) is 1. The van der Waals surface area contributed by atoms with Gasteiger partial charge in [-0.1, -0.05) is 11.8 Å². The normalized spacial score (nSPS) is 19.4. The number of tetrazole rings is 1. The van der Waals surface area contributed by atoms with Gasteiger partial charge in [0.25, 0.3) is 0 Å². The minimum atomic E-state index is 0.337. The van der Waals surface area contributed by atoms with Crippen molar-refractivity contribution in [2.45, 2.75) is 30.6 Å². The molecular formula is C11H14N4O2S. The molecule has 0 amide bonds. The van der Waals surface area contributed by atoms with Gasteiger partial charge in [0, 0.05) is 12.4 Å². The monoisotopic (exact) mass is 266 g/mol. The van der Waals surface area contributed by atoms with E-state index in [1.54, 1.807) is 22.7 Å². The van der Waals surface area contributed by atoms with Crippen molar-refractivity contribution in [2.24, 2.45) is 0 Å². The molecule has 0 aliphatic carbocycles. The van der Waals surface area contributed by atoms with Crippen LogP contribution in [-0.4, -0.2) is 38.7 Å². The Hall–Kier alpha value is -1.34. The van der Waals surface area contributed by atoms with E-state index in [-0.39, 0.29) is 0 Å². The van der Waals surface area contributed by atoms with E-state index in [0.29, 0.717) is 12.6 Å². The summed E-state index contributed by atoms with van der Waals surface area (Å²) < 4.78 is 12.6. The first-order valence-electron chi connectivity index (χ1n) is 5.95. The fourth-order valence-corrected chi connectivity index (χ4v) is 2.83. The average molecular weight is 266 g/mol. The van der Waals surface area contributed by atoms with Crippen LogP contribution in [0.25, 0.3) is 0 Å². The maximum atomic E-state index is 5.58. The van der Waals surface area contributed by atoms with E-state index in [9.17, 15) is 0 Å². The molecule has 1 saturated heterocycles. The molecule has 2 aromatic heterocycles. The van der Waals surface area contributed by atoms with Gasteiger partial charge in [-0.3, -0.25) is 0 Å². The highest BCUT2D eigenvalue weighted by Crippen LogP contribution is 2.22. The Labute approximate surface area is 109 Å². The number of hydrogen-bond acceptors (Lipinski definition) is 6. The Bertz CT molecular complexity index is 479. The zero-order valence-electron chi connectivity index (χ0n) is 9.86. The molecule has 0 bridgehead atoms. The summed E-state index contributed by atoms with van der Waals surface area (Å²) >= 11 is 1.63. The zero-order valence-corrected chi connectivity index (χ0v) is 10.7. The summed E-state index contributed by atoms with van der Waals surface area (Å²) in [6.45, 7) is 1.44. The van der Waals surface area contributed by atoms with Crippen LogP contribution < -0.4 is 0 Å². The molecule has 6 nitrogen and oxygen atoms in total. The third-order valence-corrected chi connectivity index (χ3v) is 3.90. The van der Waals surface area contributed by atoms with Crippen LogP contribution in [-0.2, 0) is 11.3 Å². The number of furan rings is 1. The summed E-state index contributed by atoms with van der Waals surface area (Å²) in [5.74, 6) is 1.75. The predicted molar refractivity (Wildman–Crippen MR) is 65.3 cm³/mol. The molecule has 0 N–H and O–H groups in total. The third-order valence-electron chi connectivity index (χ3n) is 2.81. The number of hydrogen-bond donors (Lipinski definition) is 0. The number of nitrogens with zero attached hydrogens (tertiary/aromatic N) is 4. The van der Waals surface area contributed by atoms with E-state index in [2.05, 4.69) is 15.5 Å². The van der Waals surface area contributed by atoms with Gasteiger partial charge >= 0.3 is 0 Å². The molecule has 18 heavy (non-hydrogen) atoms. The summed E-state index contributed by atoms with van der Waals surface area (Å²) in [5, 5.41) is 12.5. The first-order chi connectivity index (χ1) is 8.92. The summed E-state index contributed by atoms with van der Waals surface area (Å²) in [7, 11) is 0. The van der Waals surface area contributed by atoms with Crippen LogP contribution in [0.4, 0.5) is 0 Å². The van der Waals surface area contributed by atoms with E-state index >= 15 is 0 Å². The molecule has 96 valence electrons. The van der Waals surface area contributed by atoms with E-state index in [0.717, 1.165) is 36.1 Å². The van der Waals surface area contributed by atoms with Crippen LogP contribution in [0, 0.1) is 0 Å². The maximum absolute atomic E-state index is 5.58. The Morgan fingerprint density at radius 1 is 1.50 bits per heavy atom. The fraction of sp³-hybridized carbons (Fsp3) is 0.545. The molecule has 7 heteroatoms. The van der Waals surface area contributed by atoms with Crippen molar-refractivity contribution >= 4 is 11.8 Å². The highest BCUT2D eigenvalue weighted by Gasteiger charge is 2.17. The molecule has 2 aromatic rings. The molecule has 1 aliphatic heterocycles. The standard InChI is InChI=1S/C11H14N4O2S/c1-3-9(16-5-1)7-15-11(12-13-14-15)18-8-10-4-2-6-17-10/h1,3,5,10H,2,4,6-8H2/t10-/m0/s1. The van der Waals surface area contributed by atoms with E-state index < -0.39 is 0 Å². The zero-order chi connectivity index (χ0) is 12.2. The molecule has 0 radical (unpaired) electrons. The van der Waals surface area contributed by atoms with Crippen LogP contribution in [0.15, 0.2) is 28.0 Å². The molecule has 3 heterocycles. The topological polar surface area (TPSA) is 66.0 Å². The predicted octanol–water partition coefficient (Wildman–Crippen LogP) is 1.59. The van der Waals surface area contributed by atoms with E-state index in [1.807, 2.05) is 12.1 Å². The lowest BCUT2D eigenvalue weighted by Gasteiger charge is -2.07. The lowest BCUT2D eigenvalue weighted by molar-refractivity contribution is 0.129. The van der Waals surface area contributed by atoms with Gasteiger partial charge in [-0.25, -0.2) is 4.68 Å². The van der Waals surface area contributed by atoms with Crippen molar-refractivity contribution in [2.75, 3.05) is 12.4 Å². The lowest BCUT2D eigenvalue weighted by Crippen LogP contribution is -2.10. The van der Waals surface area contributed by atoms with Gasteiger partial charge in [0.15, 0.2) is 0 Å². The summed E-state index contributed by atoms with van der Waals surface area (Å²) in [6.07, 6.45) is 4.28. The van der Waals surface area contributed by atoms with Crippen molar-refractivity contribution < 1.29 is 9.15 Å². The quantitative estimate of drug-likeness (QED) is 0.766. The second-order valence-corrected chi connectivity index (χ2v) is 5.13. The van der Waals surface area contributed by atoms with Crippen LogP contribution in [0.1, 0.15) is 18.6 Å². The number of aromatic nitrogens is 4. The lowest BCUT2D eigenvalue weighted by atomic mass is 10.3. The van der Waals surface area contributed by atoms with E-state index in [4.69, 9.17) is 9.15 Å². The van der Waals surface area contributed by atoms with Crippen LogP contribution >= 0.6 is 11.8 Å². The Morgan fingerprint density at radius 2 is 2.50 bits per heavy atom.